The summed E-state index contributed by atoms with van der Waals surface area (Å²) in [5.41, 5.74) is 3.23. The Labute approximate surface area is 283 Å². The molecule has 2 amide bonds. The number of carbonyl (C=O) groups excluding carboxylic acids is 2. The third-order valence-corrected chi connectivity index (χ3v) is 8.50. The van der Waals surface area contributed by atoms with Crippen LogP contribution in [-0.2, 0) is 22.4 Å². The molecular weight excluding hydrogens is 605 g/mol. The van der Waals surface area contributed by atoms with Crippen molar-refractivity contribution in [3.63, 3.8) is 0 Å². The summed E-state index contributed by atoms with van der Waals surface area (Å²) in [6, 6.07) is 30.8. The number of carboxylic acids is 1. The standard InChI is InChI=1S/C38H38N2O4S.C2H6/c41-36(35(45)24-29-16-8-3-9-17-29)39-33(22-27-12-4-1-5-13-27)26-40(34(38(43)44)23-28-14-6-2-7-15-28)37(42)32-21-20-30-18-10-11-19-31(30)25-32;1-2/h1,3-6,8-21,25,33-35,45H,2,7,22-24,26H2,(H,39,41)(H,43,44);1-2H3/t33?,34-,35?;/m0./s1. The minimum atomic E-state index is -1.13. The number of hydrogen-bond acceptors (Lipinski definition) is 4. The maximum absolute atomic E-state index is 14.3. The van der Waals surface area contributed by atoms with E-state index in [9.17, 15) is 19.5 Å². The van der Waals surface area contributed by atoms with Crippen molar-refractivity contribution in [1.82, 2.24) is 10.2 Å². The number of aliphatic carboxylic acids is 1. The number of carboxylic acid groups (broad SMARTS) is 1. The van der Waals surface area contributed by atoms with Gasteiger partial charge in [-0.2, -0.15) is 12.6 Å². The van der Waals surface area contributed by atoms with Crippen molar-refractivity contribution in [2.24, 2.45) is 0 Å². The van der Waals surface area contributed by atoms with Crippen LogP contribution in [0, 0.1) is 0 Å². The van der Waals surface area contributed by atoms with Gasteiger partial charge in [-0.3, -0.25) is 9.59 Å². The first kappa shape index (κ1) is 35.2. The lowest BCUT2D eigenvalue weighted by Crippen LogP contribution is -2.54. The van der Waals surface area contributed by atoms with Gasteiger partial charge in [-0.15, -0.1) is 0 Å². The van der Waals surface area contributed by atoms with E-state index in [2.05, 4.69) is 17.9 Å². The average Bonchev–Trinajstić information content (AvgIpc) is 3.11. The van der Waals surface area contributed by atoms with Crippen LogP contribution in [0.15, 0.2) is 127 Å². The fourth-order valence-electron chi connectivity index (χ4n) is 5.74. The molecule has 0 aromatic heterocycles. The molecule has 3 atom stereocenters. The Morgan fingerprint density at radius 2 is 1.40 bits per heavy atom. The number of amides is 2. The Balaban J connectivity index is 0.00000245. The van der Waals surface area contributed by atoms with E-state index in [1.165, 1.54) is 4.90 Å². The van der Waals surface area contributed by atoms with Crippen molar-refractivity contribution in [3.8, 4) is 0 Å². The zero-order valence-corrected chi connectivity index (χ0v) is 28.0. The van der Waals surface area contributed by atoms with Crippen LogP contribution in [0.2, 0.25) is 0 Å². The zero-order chi connectivity index (χ0) is 33.6. The van der Waals surface area contributed by atoms with Crippen molar-refractivity contribution in [2.45, 2.75) is 63.3 Å². The van der Waals surface area contributed by atoms with Crippen LogP contribution < -0.4 is 5.32 Å². The Hall–Kier alpha value is -4.62. The molecule has 0 fully saturated rings. The van der Waals surface area contributed by atoms with E-state index in [1.807, 2.05) is 123 Å². The molecule has 0 saturated heterocycles. The first-order chi connectivity index (χ1) is 22.9. The van der Waals surface area contributed by atoms with Crippen molar-refractivity contribution in [2.75, 3.05) is 6.54 Å². The van der Waals surface area contributed by atoms with Gasteiger partial charge in [0.2, 0.25) is 5.91 Å². The van der Waals surface area contributed by atoms with E-state index in [4.69, 9.17) is 0 Å². The molecule has 1 aliphatic rings. The van der Waals surface area contributed by atoms with Gasteiger partial charge in [-0.05, 0) is 65.3 Å². The molecule has 0 bridgehead atoms. The molecule has 47 heavy (non-hydrogen) atoms. The van der Waals surface area contributed by atoms with Crippen molar-refractivity contribution in [3.05, 3.63) is 144 Å². The van der Waals surface area contributed by atoms with Crippen molar-refractivity contribution in [1.29, 1.82) is 0 Å². The Morgan fingerprint density at radius 1 is 0.787 bits per heavy atom. The zero-order valence-electron chi connectivity index (χ0n) is 27.1. The lowest BCUT2D eigenvalue weighted by atomic mass is 9.97. The maximum atomic E-state index is 14.3. The summed E-state index contributed by atoms with van der Waals surface area (Å²) in [7, 11) is 0. The fraction of sp³-hybridized carbons (Fsp3) is 0.275. The number of nitrogens with one attached hydrogen (secondary N) is 1. The highest BCUT2D eigenvalue weighted by atomic mass is 32.1. The van der Waals surface area contributed by atoms with E-state index in [0.717, 1.165) is 40.3 Å². The molecule has 5 rings (SSSR count). The largest absolute Gasteiger partial charge is 0.480 e. The summed E-state index contributed by atoms with van der Waals surface area (Å²) < 4.78 is 0. The number of fused-ring (bicyclic) bond motifs is 1. The quantitative estimate of drug-likeness (QED) is 0.130. The SMILES string of the molecule is CC.O=C(NC(Cc1ccccc1)CN(C(=O)c1ccc2ccccc2c1)[C@@H](CC1=CCCC=C1)C(=O)O)C(S)Cc1ccccc1. The predicted molar refractivity (Wildman–Crippen MR) is 194 cm³/mol. The minimum Gasteiger partial charge on any atom is -0.480 e. The highest BCUT2D eigenvalue weighted by molar-refractivity contribution is 7.81. The van der Waals surface area contributed by atoms with E-state index in [1.54, 1.807) is 12.1 Å². The first-order valence-corrected chi connectivity index (χ1v) is 16.8. The minimum absolute atomic E-state index is 0.00604. The van der Waals surface area contributed by atoms with Gasteiger partial charge in [0.1, 0.15) is 6.04 Å². The fourth-order valence-corrected chi connectivity index (χ4v) is 6.02. The van der Waals surface area contributed by atoms with Crippen LogP contribution in [0.5, 0.6) is 0 Å². The van der Waals surface area contributed by atoms with Crippen LogP contribution in [0.1, 0.15) is 54.6 Å². The first-order valence-electron chi connectivity index (χ1n) is 16.3. The average molecular weight is 649 g/mol. The number of benzene rings is 4. The molecule has 0 aliphatic heterocycles. The predicted octanol–water partition coefficient (Wildman–Crippen LogP) is 7.70. The third-order valence-electron chi connectivity index (χ3n) is 8.08. The van der Waals surface area contributed by atoms with Crippen molar-refractivity contribution < 1.29 is 19.5 Å². The van der Waals surface area contributed by atoms with Crippen LogP contribution in [0.25, 0.3) is 10.8 Å². The lowest BCUT2D eigenvalue weighted by molar-refractivity contribution is -0.142. The van der Waals surface area contributed by atoms with Crippen LogP contribution in [0.4, 0.5) is 0 Å². The summed E-state index contributed by atoms with van der Waals surface area (Å²) in [4.78, 5) is 42.1. The van der Waals surface area contributed by atoms with E-state index < -0.39 is 29.2 Å². The topological polar surface area (TPSA) is 86.7 Å². The Morgan fingerprint density at radius 3 is 2.02 bits per heavy atom. The normalized spacial score (nSPS) is 14.1. The molecule has 4 aromatic carbocycles. The number of thiol groups is 1. The highest BCUT2D eigenvalue weighted by Gasteiger charge is 2.34. The molecule has 244 valence electrons. The maximum Gasteiger partial charge on any atom is 0.326 e. The lowest BCUT2D eigenvalue weighted by Gasteiger charge is -2.34. The molecule has 2 N–H and O–H groups in total. The Bertz CT molecular complexity index is 1690. The molecule has 0 heterocycles. The second-order valence-corrected chi connectivity index (χ2v) is 12.1. The second-order valence-electron chi connectivity index (χ2n) is 11.4. The number of hydrogen-bond donors (Lipinski definition) is 3. The molecule has 1 aliphatic carbocycles. The van der Waals surface area contributed by atoms with Gasteiger partial charge in [0, 0.05) is 18.5 Å². The summed E-state index contributed by atoms with van der Waals surface area (Å²) in [6.07, 6.45) is 8.75. The van der Waals surface area contributed by atoms with Gasteiger partial charge >= 0.3 is 5.97 Å². The summed E-state index contributed by atoms with van der Waals surface area (Å²) in [6.45, 7) is 4.01. The molecule has 7 heteroatoms. The monoisotopic (exact) mass is 648 g/mol. The van der Waals surface area contributed by atoms with Gasteiger partial charge in [0.25, 0.3) is 5.91 Å². The number of allylic oxidation sites excluding steroid dienone is 3. The van der Waals surface area contributed by atoms with Gasteiger partial charge in [-0.25, -0.2) is 4.79 Å². The number of rotatable bonds is 13. The van der Waals surface area contributed by atoms with E-state index in [0.29, 0.717) is 18.4 Å². The molecule has 6 nitrogen and oxygen atoms in total. The van der Waals surface area contributed by atoms with Gasteiger partial charge < -0.3 is 15.3 Å². The summed E-state index contributed by atoms with van der Waals surface area (Å²) in [5, 5.41) is 14.9. The molecule has 2 unspecified atom stereocenters. The Kier molecular flexibility index (Phi) is 13.4. The van der Waals surface area contributed by atoms with Gasteiger partial charge in [0.05, 0.1) is 11.3 Å². The summed E-state index contributed by atoms with van der Waals surface area (Å²) in [5.74, 6) is -1.76. The van der Waals surface area contributed by atoms with Crippen molar-refractivity contribution >= 4 is 41.2 Å². The third kappa shape index (κ3) is 10.2. The number of nitrogens with zero attached hydrogens (tertiary/aromatic N) is 1. The molecule has 0 spiro atoms. The molecular formula is C40H44N2O4S. The highest BCUT2D eigenvalue weighted by Crippen LogP contribution is 2.23. The molecule has 0 saturated carbocycles. The molecule has 4 aromatic rings. The smallest absolute Gasteiger partial charge is 0.326 e. The van der Waals surface area contributed by atoms with Crippen LogP contribution >= 0.6 is 12.6 Å². The van der Waals surface area contributed by atoms with Crippen LogP contribution in [-0.4, -0.2) is 51.7 Å². The van der Waals surface area contributed by atoms with E-state index in [-0.39, 0.29) is 18.9 Å². The van der Waals surface area contributed by atoms with E-state index >= 15 is 0 Å². The second kappa shape index (κ2) is 17.9. The number of carbonyl (C=O) groups is 3. The van der Waals surface area contributed by atoms with Gasteiger partial charge in [-0.1, -0.05) is 123 Å². The molecule has 0 radical (unpaired) electrons. The van der Waals surface area contributed by atoms with Gasteiger partial charge in [0.15, 0.2) is 0 Å². The van der Waals surface area contributed by atoms with Crippen LogP contribution in [0.3, 0.4) is 0 Å². The summed E-state index contributed by atoms with van der Waals surface area (Å²) >= 11 is 4.62.